The minimum atomic E-state index is -0.0641. The van der Waals surface area contributed by atoms with Gasteiger partial charge in [-0.2, -0.15) is 0 Å². The first-order valence-corrected chi connectivity index (χ1v) is 3.91. The molecule has 1 aliphatic rings. The third-order valence-electron chi connectivity index (χ3n) is 1.94. The topological polar surface area (TPSA) is 32.3 Å². The van der Waals surface area contributed by atoms with Gasteiger partial charge in [0.15, 0.2) is 0 Å². The van der Waals surface area contributed by atoms with Gasteiger partial charge in [-0.15, -0.1) is 0 Å². The molecular formula is C8H14N2O. The zero-order chi connectivity index (χ0) is 8.27. The number of likely N-dealkylation sites (tertiary alicyclic amines) is 1. The second-order valence-corrected chi connectivity index (χ2v) is 2.76. The van der Waals surface area contributed by atoms with Gasteiger partial charge in [0.05, 0.1) is 6.04 Å². The Morgan fingerprint density at radius 3 is 2.91 bits per heavy atom. The Morgan fingerprint density at radius 1 is 1.82 bits per heavy atom. The number of rotatable bonds is 3. The number of amides is 1. The lowest BCUT2D eigenvalue weighted by Crippen LogP contribution is -2.58. The van der Waals surface area contributed by atoms with Crippen molar-refractivity contribution in [3.05, 3.63) is 12.7 Å². The van der Waals surface area contributed by atoms with E-state index in [9.17, 15) is 4.79 Å². The van der Waals surface area contributed by atoms with Crippen molar-refractivity contribution in [1.29, 1.82) is 0 Å². The predicted octanol–water partition coefficient (Wildman–Crippen LogP) is -0.00730. The van der Waals surface area contributed by atoms with Crippen molar-refractivity contribution < 1.29 is 4.79 Å². The first-order valence-electron chi connectivity index (χ1n) is 3.91. The zero-order valence-electron chi connectivity index (χ0n) is 6.84. The van der Waals surface area contributed by atoms with E-state index in [0.717, 1.165) is 19.6 Å². The van der Waals surface area contributed by atoms with Gasteiger partial charge in [-0.25, -0.2) is 0 Å². The Morgan fingerprint density at radius 2 is 2.45 bits per heavy atom. The highest BCUT2D eigenvalue weighted by Gasteiger charge is 2.25. The van der Waals surface area contributed by atoms with Gasteiger partial charge >= 0.3 is 0 Å². The summed E-state index contributed by atoms with van der Waals surface area (Å²) in [4.78, 5) is 13.0. The van der Waals surface area contributed by atoms with Crippen LogP contribution in [0.3, 0.4) is 0 Å². The average molecular weight is 154 g/mol. The Bertz CT molecular complexity index is 161. The number of nitrogens with zero attached hydrogens (tertiary/aromatic N) is 1. The molecule has 1 heterocycles. The lowest BCUT2D eigenvalue weighted by atomic mass is 10.1. The molecule has 0 atom stereocenters. The third kappa shape index (κ3) is 2.05. The standard InChI is InChI=1S/C8H14N2O/c1-3-8(11)9-7-5-10(4-2)6-7/h3,7H,1,4-6H2,2H3,(H,9,11). The molecule has 11 heavy (non-hydrogen) atoms. The van der Waals surface area contributed by atoms with Crippen LogP contribution in [0.1, 0.15) is 6.92 Å². The Hall–Kier alpha value is -0.830. The SMILES string of the molecule is C=CC(=O)NC1CN(CC)C1. The van der Waals surface area contributed by atoms with E-state index in [4.69, 9.17) is 0 Å². The summed E-state index contributed by atoms with van der Waals surface area (Å²) in [7, 11) is 0. The molecule has 1 saturated heterocycles. The van der Waals surface area contributed by atoms with Crippen molar-refractivity contribution >= 4 is 5.91 Å². The van der Waals surface area contributed by atoms with Crippen molar-refractivity contribution in [3.63, 3.8) is 0 Å². The van der Waals surface area contributed by atoms with E-state index in [2.05, 4.69) is 23.7 Å². The maximum Gasteiger partial charge on any atom is 0.243 e. The molecule has 0 aliphatic carbocycles. The molecule has 0 spiro atoms. The van der Waals surface area contributed by atoms with Crippen LogP contribution in [0.15, 0.2) is 12.7 Å². The molecule has 1 aliphatic heterocycles. The van der Waals surface area contributed by atoms with Crippen molar-refractivity contribution in [2.75, 3.05) is 19.6 Å². The molecule has 0 bridgehead atoms. The monoisotopic (exact) mass is 154 g/mol. The van der Waals surface area contributed by atoms with E-state index in [0.29, 0.717) is 6.04 Å². The molecule has 0 radical (unpaired) electrons. The minimum Gasteiger partial charge on any atom is -0.347 e. The molecule has 1 fully saturated rings. The van der Waals surface area contributed by atoms with E-state index in [1.54, 1.807) is 0 Å². The third-order valence-corrected chi connectivity index (χ3v) is 1.94. The summed E-state index contributed by atoms with van der Waals surface area (Å²) in [6, 6.07) is 0.348. The molecule has 62 valence electrons. The summed E-state index contributed by atoms with van der Waals surface area (Å²) in [5.41, 5.74) is 0. The molecule has 0 aromatic carbocycles. The normalized spacial score (nSPS) is 19.0. The fourth-order valence-electron chi connectivity index (χ4n) is 1.18. The van der Waals surface area contributed by atoms with Crippen LogP contribution in [0, 0.1) is 0 Å². The summed E-state index contributed by atoms with van der Waals surface area (Å²) >= 11 is 0. The molecule has 3 heteroatoms. The summed E-state index contributed by atoms with van der Waals surface area (Å²) < 4.78 is 0. The van der Waals surface area contributed by atoms with Gasteiger partial charge in [-0.1, -0.05) is 13.5 Å². The second-order valence-electron chi connectivity index (χ2n) is 2.76. The summed E-state index contributed by atoms with van der Waals surface area (Å²) in [6.07, 6.45) is 1.31. The van der Waals surface area contributed by atoms with Crippen LogP contribution in [0.2, 0.25) is 0 Å². The molecule has 0 aromatic heterocycles. The van der Waals surface area contributed by atoms with Crippen LogP contribution >= 0.6 is 0 Å². The number of hydrogen-bond acceptors (Lipinski definition) is 2. The summed E-state index contributed by atoms with van der Waals surface area (Å²) in [5.74, 6) is -0.0641. The molecule has 0 aromatic rings. The number of likely N-dealkylation sites (N-methyl/N-ethyl adjacent to an activating group) is 1. The van der Waals surface area contributed by atoms with Crippen LogP contribution in [0.25, 0.3) is 0 Å². The Kier molecular flexibility index (Phi) is 2.65. The van der Waals surface area contributed by atoms with Crippen LogP contribution in [0.5, 0.6) is 0 Å². The maximum absolute atomic E-state index is 10.8. The second kappa shape index (κ2) is 3.53. The first-order chi connectivity index (χ1) is 5.26. The van der Waals surface area contributed by atoms with Crippen LogP contribution in [-0.4, -0.2) is 36.5 Å². The molecule has 0 unspecified atom stereocenters. The van der Waals surface area contributed by atoms with E-state index in [1.165, 1.54) is 6.08 Å². The van der Waals surface area contributed by atoms with E-state index >= 15 is 0 Å². The van der Waals surface area contributed by atoms with Gasteiger partial charge in [-0.3, -0.25) is 9.69 Å². The molecular weight excluding hydrogens is 140 g/mol. The first kappa shape index (κ1) is 8.27. The quantitative estimate of drug-likeness (QED) is 0.580. The number of hydrogen-bond donors (Lipinski definition) is 1. The van der Waals surface area contributed by atoms with Crippen molar-refractivity contribution in [2.45, 2.75) is 13.0 Å². The van der Waals surface area contributed by atoms with Crippen molar-refractivity contribution in [1.82, 2.24) is 10.2 Å². The predicted molar refractivity (Wildman–Crippen MR) is 44.2 cm³/mol. The largest absolute Gasteiger partial charge is 0.347 e. The smallest absolute Gasteiger partial charge is 0.243 e. The molecule has 3 nitrogen and oxygen atoms in total. The number of carbonyl (C=O) groups is 1. The van der Waals surface area contributed by atoms with Gasteiger partial charge in [0.1, 0.15) is 0 Å². The summed E-state index contributed by atoms with van der Waals surface area (Å²) in [6.45, 7) is 8.54. The fourth-order valence-corrected chi connectivity index (χ4v) is 1.18. The molecule has 0 saturated carbocycles. The number of carbonyl (C=O) groups excluding carboxylic acids is 1. The highest BCUT2D eigenvalue weighted by atomic mass is 16.1. The fraction of sp³-hybridized carbons (Fsp3) is 0.625. The van der Waals surface area contributed by atoms with Gasteiger partial charge < -0.3 is 5.32 Å². The van der Waals surface area contributed by atoms with E-state index in [1.807, 2.05) is 0 Å². The maximum atomic E-state index is 10.8. The Labute approximate surface area is 67.1 Å². The van der Waals surface area contributed by atoms with E-state index < -0.39 is 0 Å². The Balaban J connectivity index is 2.13. The highest BCUT2D eigenvalue weighted by Crippen LogP contribution is 2.05. The lowest BCUT2D eigenvalue weighted by Gasteiger charge is -2.38. The molecule has 1 amide bonds. The minimum absolute atomic E-state index is 0.0641. The van der Waals surface area contributed by atoms with Crippen LogP contribution in [-0.2, 0) is 4.79 Å². The van der Waals surface area contributed by atoms with Gasteiger partial charge in [0.2, 0.25) is 5.91 Å². The number of nitrogens with one attached hydrogen (secondary N) is 1. The average Bonchev–Trinajstić information content (AvgIpc) is 1.95. The van der Waals surface area contributed by atoms with E-state index in [-0.39, 0.29) is 5.91 Å². The molecule has 1 N–H and O–H groups in total. The molecule has 1 rings (SSSR count). The van der Waals surface area contributed by atoms with Gasteiger partial charge in [-0.05, 0) is 12.6 Å². The zero-order valence-corrected chi connectivity index (χ0v) is 6.84. The van der Waals surface area contributed by atoms with Gasteiger partial charge in [0, 0.05) is 13.1 Å². The van der Waals surface area contributed by atoms with Crippen molar-refractivity contribution in [3.8, 4) is 0 Å². The highest BCUT2D eigenvalue weighted by molar-refractivity contribution is 5.87. The van der Waals surface area contributed by atoms with Crippen LogP contribution in [0.4, 0.5) is 0 Å². The lowest BCUT2D eigenvalue weighted by molar-refractivity contribution is -0.118. The van der Waals surface area contributed by atoms with Gasteiger partial charge in [0.25, 0.3) is 0 Å². The summed E-state index contributed by atoms with van der Waals surface area (Å²) in [5, 5.41) is 2.83. The van der Waals surface area contributed by atoms with Crippen LogP contribution < -0.4 is 5.32 Å². The van der Waals surface area contributed by atoms with Crippen molar-refractivity contribution in [2.24, 2.45) is 0 Å².